The highest BCUT2D eigenvalue weighted by Gasteiger charge is 2.14. The van der Waals surface area contributed by atoms with Gasteiger partial charge in [-0.25, -0.2) is 9.97 Å². The minimum Gasteiger partial charge on any atom is -0.367 e. The molecule has 0 atom stereocenters. The maximum absolute atomic E-state index is 12.4. The van der Waals surface area contributed by atoms with Gasteiger partial charge in [0.2, 0.25) is 0 Å². The molecule has 0 spiro atoms. The third-order valence-electron chi connectivity index (χ3n) is 5.10. The average Bonchev–Trinajstić information content (AvgIpc) is 2.75. The molecule has 4 rings (SSSR count). The van der Waals surface area contributed by atoms with Crippen LogP contribution in [-0.2, 0) is 0 Å². The van der Waals surface area contributed by atoms with Gasteiger partial charge in [0, 0.05) is 28.9 Å². The molecule has 142 valence electrons. The number of aromatic nitrogens is 2. The van der Waals surface area contributed by atoms with Gasteiger partial charge in [-0.3, -0.25) is 4.79 Å². The number of rotatable bonds is 5. The van der Waals surface area contributed by atoms with Gasteiger partial charge in [0.25, 0.3) is 5.91 Å². The smallest absolute Gasteiger partial charge is 0.255 e. The fourth-order valence-electron chi connectivity index (χ4n) is 3.57. The molecular weight excluding hydrogens is 348 g/mol. The van der Waals surface area contributed by atoms with E-state index in [0.717, 1.165) is 22.8 Å². The third kappa shape index (κ3) is 4.55. The molecule has 1 heterocycles. The molecule has 1 amide bonds. The Kier molecular flexibility index (Phi) is 5.61. The first-order valence-corrected chi connectivity index (χ1v) is 9.83. The van der Waals surface area contributed by atoms with Crippen molar-refractivity contribution in [1.29, 1.82) is 0 Å². The summed E-state index contributed by atoms with van der Waals surface area (Å²) in [5.41, 5.74) is 3.21. The number of nitrogens with one attached hydrogen (secondary N) is 2. The zero-order valence-electron chi connectivity index (χ0n) is 15.8. The van der Waals surface area contributed by atoms with E-state index in [1.807, 2.05) is 60.7 Å². The zero-order valence-corrected chi connectivity index (χ0v) is 15.8. The van der Waals surface area contributed by atoms with Gasteiger partial charge in [-0.15, -0.1) is 0 Å². The predicted molar refractivity (Wildman–Crippen MR) is 112 cm³/mol. The Labute approximate surface area is 165 Å². The van der Waals surface area contributed by atoms with Crippen LogP contribution < -0.4 is 10.6 Å². The molecule has 2 N–H and O–H groups in total. The highest BCUT2D eigenvalue weighted by molar-refractivity contribution is 6.04. The van der Waals surface area contributed by atoms with Gasteiger partial charge in [0.15, 0.2) is 0 Å². The van der Waals surface area contributed by atoms with Crippen LogP contribution in [0, 0.1) is 0 Å². The Morgan fingerprint density at radius 2 is 1.64 bits per heavy atom. The van der Waals surface area contributed by atoms with Crippen molar-refractivity contribution >= 4 is 17.4 Å². The van der Waals surface area contributed by atoms with Crippen molar-refractivity contribution in [3.8, 4) is 11.3 Å². The first-order chi connectivity index (χ1) is 13.8. The number of carbonyl (C=O) groups is 1. The van der Waals surface area contributed by atoms with Crippen molar-refractivity contribution < 1.29 is 4.79 Å². The van der Waals surface area contributed by atoms with Crippen LogP contribution in [0.2, 0.25) is 0 Å². The van der Waals surface area contributed by atoms with Crippen LogP contribution in [0.25, 0.3) is 11.3 Å². The Hall–Kier alpha value is -3.21. The second-order valence-electron chi connectivity index (χ2n) is 7.17. The van der Waals surface area contributed by atoms with E-state index in [-0.39, 0.29) is 5.91 Å². The molecule has 0 saturated heterocycles. The largest absolute Gasteiger partial charge is 0.367 e. The summed E-state index contributed by atoms with van der Waals surface area (Å²) in [4.78, 5) is 21.1. The van der Waals surface area contributed by atoms with Gasteiger partial charge in [-0.2, -0.15) is 0 Å². The van der Waals surface area contributed by atoms with E-state index in [4.69, 9.17) is 0 Å². The first-order valence-electron chi connectivity index (χ1n) is 9.83. The van der Waals surface area contributed by atoms with Crippen molar-refractivity contribution in [3.63, 3.8) is 0 Å². The maximum atomic E-state index is 12.4. The lowest BCUT2D eigenvalue weighted by atomic mass is 9.95. The summed E-state index contributed by atoms with van der Waals surface area (Å²) >= 11 is 0. The second-order valence-corrected chi connectivity index (χ2v) is 7.17. The molecule has 1 aromatic heterocycles. The van der Waals surface area contributed by atoms with Gasteiger partial charge in [-0.1, -0.05) is 49.6 Å². The highest BCUT2D eigenvalue weighted by Crippen LogP contribution is 2.23. The fourth-order valence-corrected chi connectivity index (χ4v) is 3.57. The van der Waals surface area contributed by atoms with Crippen molar-refractivity contribution in [2.75, 3.05) is 10.6 Å². The van der Waals surface area contributed by atoms with Crippen molar-refractivity contribution in [3.05, 3.63) is 72.6 Å². The summed E-state index contributed by atoms with van der Waals surface area (Å²) in [5.74, 6) is 0.739. The lowest BCUT2D eigenvalue weighted by molar-refractivity contribution is 0.102. The average molecular weight is 372 g/mol. The van der Waals surface area contributed by atoms with Gasteiger partial charge in [0.05, 0.1) is 5.69 Å². The lowest BCUT2D eigenvalue weighted by Gasteiger charge is -2.23. The van der Waals surface area contributed by atoms with Crippen LogP contribution in [0.1, 0.15) is 42.5 Å². The molecule has 1 fully saturated rings. The molecule has 0 aliphatic heterocycles. The van der Waals surface area contributed by atoms with Crippen LogP contribution in [-0.4, -0.2) is 21.9 Å². The summed E-state index contributed by atoms with van der Waals surface area (Å²) in [7, 11) is 0. The summed E-state index contributed by atoms with van der Waals surface area (Å²) < 4.78 is 0. The van der Waals surface area contributed by atoms with Gasteiger partial charge < -0.3 is 10.6 Å². The van der Waals surface area contributed by atoms with E-state index < -0.39 is 0 Å². The Bertz CT molecular complexity index is 919. The number of para-hydroxylation sites is 1. The number of anilines is 2. The number of hydrogen-bond acceptors (Lipinski definition) is 4. The van der Waals surface area contributed by atoms with E-state index in [1.54, 1.807) is 6.33 Å². The number of amides is 1. The summed E-state index contributed by atoms with van der Waals surface area (Å²) in [5, 5.41) is 6.43. The molecule has 1 aliphatic rings. The standard InChI is InChI=1S/C23H24N4O/c28-23(27-20-9-5-2-6-10-20)18-13-11-17(12-14-18)21-15-22(25-16-24-21)26-19-7-3-1-4-8-19/h2,5-6,9-16,19H,1,3-4,7-8H2,(H,27,28)(H,24,25,26). The predicted octanol–water partition coefficient (Wildman–Crippen LogP) is 5.14. The van der Waals surface area contributed by atoms with Crippen LogP contribution in [0.4, 0.5) is 11.5 Å². The number of hydrogen-bond donors (Lipinski definition) is 2. The quantitative estimate of drug-likeness (QED) is 0.651. The Morgan fingerprint density at radius 3 is 2.39 bits per heavy atom. The van der Waals surface area contributed by atoms with Crippen LogP contribution in [0.3, 0.4) is 0 Å². The summed E-state index contributed by atoms with van der Waals surface area (Å²) in [6, 6.07) is 19.4. The molecule has 5 heteroatoms. The SMILES string of the molecule is O=C(Nc1ccccc1)c1ccc(-c2cc(NC3CCCCC3)ncn2)cc1. The number of benzene rings is 2. The zero-order chi connectivity index (χ0) is 19.2. The maximum Gasteiger partial charge on any atom is 0.255 e. The highest BCUT2D eigenvalue weighted by atomic mass is 16.1. The van der Waals surface area contributed by atoms with E-state index in [0.29, 0.717) is 11.6 Å². The molecule has 1 saturated carbocycles. The monoisotopic (exact) mass is 372 g/mol. The van der Waals surface area contributed by atoms with Crippen molar-refractivity contribution in [1.82, 2.24) is 9.97 Å². The summed E-state index contributed by atoms with van der Waals surface area (Å²) in [6.45, 7) is 0. The van der Waals surface area contributed by atoms with E-state index >= 15 is 0 Å². The second kappa shape index (κ2) is 8.65. The lowest BCUT2D eigenvalue weighted by Crippen LogP contribution is -2.22. The molecule has 2 aromatic carbocycles. The van der Waals surface area contributed by atoms with E-state index in [2.05, 4.69) is 20.6 Å². The molecule has 0 bridgehead atoms. The molecule has 5 nitrogen and oxygen atoms in total. The van der Waals surface area contributed by atoms with Crippen molar-refractivity contribution in [2.24, 2.45) is 0 Å². The normalized spacial score (nSPS) is 14.4. The molecule has 0 radical (unpaired) electrons. The van der Waals surface area contributed by atoms with Gasteiger partial charge in [0.1, 0.15) is 12.1 Å². The Balaban J connectivity index is 1.44. The molecular formula is C23H24N4O. The topological polar surface area (TPSA) is 66.9 Å². The minimum absolute atomic E-state index is 0.125. The van der Waals surface area contributed by atoms with Crippen molar-refractivity contribution in [2.45, 2.75) is 38.1 Å². The Morgan fingerprint density at radius 1 is 0.893 bits per heavy atom. The fraction of sp³-hybridized carbons (Fsp3) is 0.261. The first kappa shape index (κ1) is 18.2. The number of carbonyl (C=O) groups excluding carboxylic acids is 1. The van der Waals surface area contributed by atoms with Crippen LogP contribution in [0.5, 0.6) is 0 Å². The van der Waals surface area contributed by atoms with E-state index in [1.165, 1.54) is 32.1 Å². The third-order valence-corrected chi connectivity index (χ3v) is 5.10. The summed E-state index contributed by atoms with van der Waals surface area (Å²) in [6.07, 6.45) is 7.88. The molecule has 3 aromatic rings. The van der Waals surface area contributed by atoms with E-state index in [9.17, 15) is 4.79 Å². The van der Waals surface area contributed by atoms with Gasteiger partial charge >= 0.3 is 0 Å². The molecule has 28 heavy (non-hydrogen) atoms. The molecule has 1 aliphatic carbocycles. The number of nitrogens with zero attached hydrogens (tertiary/aromatic N) is 2. The molecule has 0 unspecified atom stereocenters. The van der Waals surface area contributed by atoms with Crippen LogP contribution in [0.15, 0.2) is 67.0 Å². The van der Waals surface area contributed by atoms with Crippen LogP contribution >= 0.6 is 0 Å². The van der Waals surface area contributed by atoms with Gasteiger partial charge in [-0.05, 0) is 37.1 Å². The minimum atomic E-state index is -0.125.